The van der Waals surface area contributed by atoms with Gasteiger partial charge in [0, 0.05) is 13.2 Å². The van der Waals surface area contributed by atoms with Crippen molar-refractivity contribution in [3.63, 3.8) is 0 Å². The standard InChI is InChI=1S/C16H21ClN2O/c1-12-5-6-15-14(10-12)18-16(11-17)19(15)8-7-13-4-2-3-9-20-13/h5-6,10,13H,2-4,7-9,11H2,1H3. The quantitative estimate of drug-likeness (QED) is 0.795. The van der Waals surface area contributed by atoms with Crippen molar-refractivity contribution in [1.82, 2.24) is 9.55 Å². The van der Waals surface area contributed by atoms with E-state index >= 15 is 0 Å². The van der Waals surface area contributed by atoms with Gasteiger partial charge in [-0.2, -0.15) is 0 Å². The minimum atomic E-state index is 0.398. The van der Waals surface area contributed by atoms with Crippen LogP contribution in [0.25, 0.3) is 11.0 Å². The fourth-order valence-corrected chi connectivity index (χ4v) is 3.15. The first kappa shape index (κ1) is 13.9. The Bertz CT molecular complexity index is 587. The Kier molecular flexibility index (Phi) is 4.27. The molecule has 2 heterocycles. The molecule has 0 saturated carbocycles. The molecular formula is C16H21ClN2O. The Morgan fingerprint density at radius 2 is 2.30 bits per heavy atom. The Labute approximate surface area is 124 Å². The van der Waals surface area contributed by atoms with Crippen LogP contribution in [0.5, 0.6) is 0 Å². The Balaban J connectivity index is 1.81. The SMILES string of the molecule is Cc1ccc2c(c1)nc(CCl)n2CCC1CCCCO1. The van der Waals surface area contributed by atoms with Crippen LogP contribution in [0, 0.1) is 6.92 Å². The highest BCUT2D eigenvalue weighted by Crippen LogP contribution is 2.22. The van der Waals surface area contributed by atoms with Gasteiger partial charge in [0.25, 0.3) is 0 Å². The number of aryl methyl sites for hydroxylation is 2. The second-order valence-corrected chi connectivity index (χ2v) is 5.85. The van der Waals surface area contributed by atoms with Gasteiger partial charge in [-0.15, -0.1) is 11.6 Å². The Morgan fingerprint density at radius 3 is 3.05 bits per heavy atom. The van der Waals surface area contributed by atoms with E-state index in [1.54, 1.807) is 0 Å². The molecule has 1 fully saturated rings. The predicted molar refractivity (Wildman–Crippen MR) is 82.2 cm³/mol. The van der Waals surface area contributed by atoms with Gasteiger partial charge in [-0.25, -0.2) is 4.98 Å². The van der Waals surface area contributed by atoms with Gasteiger partial charge in [0.2, 0.25) is 0 Å². The normalized spacial score (nSPS) is 19.6. The molecule has 1 aliphatic rings. The van der Waals surface area contributed by atoms with Gasteiger partial charge >= 0.3 is 0 Å². The number of imidazole rings is 1. The number of aromatic nitrogens is 2. The molecule has 1 atom stereocenters. The summed E-state index contributed by atoms with van der Waals surface area (Å²) in [5, 5.41) is 0. The second-order valence-electron chi connectivity index (χ2n) is 5.58. The molecule has 0 bridgehead atoms. The molecule has 4 heteroatoms. The predicted octanol–water partition coefficient (Wildman–Crippen LogP) is 4.04. The van der Waals surface area contributed by atoms with Crippen LogP contribution < -0.4 is 0 Å². The number of halogens is 1. The van der Waals surface area contributed by atoms with E-state index in [1.807, 2.05) is 0 Å². The smallest absolute Gasteiger partial charge is 0.124 e. The summed E-state index contributed by atoms with van der Waals surface area (Å²) in [5.74, 6) is 1.42. The lowest BCUT2D eigenvalue weighted by Crippen LogP contribution is -2.21. The molecule has 3 rings (SSSR count). The van der Waals surface area contributed by atoms with Crippen molar-refractivity contribution < 1.29 is 4.74 Å². The van der Waals surface area contributed by atoms with E-state index in [0.29, 0.717) is 12.0 Å². The number of nitrogens with zero attached hydrogens (tertiary/aromatic N) is 2. The third-order valence-electron chi connectivity index (χ3n) is 4.05. The van der Waals surface area contributed by atoms with Crippen LogP contribution in [-0.2, 0) is 17.2 Å². The first-order valence-corrected chi connectivity index (χ1v) is 7.94. The minimum absolute atomic E-state index is 0.398. The Morgan fingerprint density at radius 1 is 1.40 bits per heavy atom. The maximum Gasteiger partial charge on any atom is 0.124 e. The fourth-order valence-electron chi connectivity index (χ4n) is 2.95. The monoisotopic (exact) mass is 292 g/mol. The van der Waals surface area contributed by atoms with Crippen molar-refractivity contribution in [2.24, 2.45) is 0 Å². The van der Waals surface area contributed by atoms with Gasteiger partial charge in [0.15, 0.2) is 0 Å². The molecule has 1 unspecified atom stereocenters. The summed E-state index contributed by atoms with van der Waals surface area (Å²) in [6.07, 6.45) is 5.12. The van der Waals surface area contributed by atoms with Crippen molar-refractivity contribution in [3.05, 3.63) is 29.6 Å². The molecule has 3 nitrogen and oxygen atoms in total. The number of alkyl halides is 1. The molecule has 1 aliphatic heterocycles. The molecule has 1 aromatic carbocycles. The Hall–Kier alpha value is -1.06. The lowest BCUT2D eigenvalue weighted by molar-refractivity contribution is 0.00889. The summed E-state index contributed by atoms with van der Waals surface area (Å²) in [6, 6.07) is 6.41. The van der Waals surface area contributed by atoms with Gasteiger partial charge < -0.3 is 9.30 Å². The molecule has 108 valence electrons. The van der Waals surface area contributed by atoms with Crippen LogP contribution >= 0.6 is 11.6 Å². The van der Waals surface area contributed by atoms with Gasteiger partial charge in [-0.3, -0.25) is 0 Å². The van der Waals surface area contributed by atoms with Gasteiger partial charge in [0.05, 0.1) is 23.0 Å². The van der Waals surface area contributed by atoms with E-state index < -0.39 is 0 Å². The summed E-state index contributed by atoms with van der Waals surface area (Å²) < 4.78 is 8.06. The van der Waals surface area contributed by atoms with E-state index in [1.165, 1.54) is 30.3 Å². The number of benzene rings is 1. The van der Waals surface area contributed by atoms with E-state index in [-0.39, 0.29) is 0 Å². The lowest BCUT2D eigenvalue weighted by atomic mass is 10.1. The first-order valence-electron chi connectivity index (χ1n) is 7.41. The van der Waals surface area contributed by atoms with Gasteiger partial charge in [-0.1, -0.05) is 6.07 Å². The number of hydrogen-bond acceptors (Lipinski definition) is 2. The zero-order valence-corrected chi connectivity index (χ0v) is 12.7. The van der Waals surface area contributed by atoms with Crippen molar-refractivity contribution in [2.75, 3.05) is 6.61 Å². The zero-order valence-electron chi connectivity index (χ0n) is 11.9. The molecule has 0 spiro atoms. The number of hydrogen-bond donors (Lipinski definition) is 0. The molecule has 2 aromatic rings. The fraction of sp³-hybridized carbons (Fsp3) is 0.562. The molecular weight excluding hydrogens is 272 g/mol. The molecule has 20 heavy (non-hydrogen) atoms. The van der Waals surface area contributed by atoms with Crippen molar-refractivity contribution >= 4 is 22.6 Å². The molecule has 0 N–H and O–H groups in total. The lowest BCUT2D eigenvalue weighted by Gasteiger charge is -2.23. The van der Waals surface area contributed by atoms with Crippen molar-refractivity contribution in [2.45, 2.75) is 51.1 Å². The van der Waals surface area contributed by atoms with Gasteiger partial charge in [0.1, 0.15) is 5.82 Å². The number of rotatable bonds is 4. The van der Waals surface area contributed by atoms with Crippen LogP contribution in [0.1, 0.15) is 37.1 Å². The minimum Gasteiger partial charge on any atom is -0.378 e. The summed E-state index contributed by atoms with van der Waals surface area (Å²) in [7, 11) is 0. The topological polar surface area (TPSA) is 27.1 Å². The average molecular weight is 293 g/mol. The zero-order chi connectivity index (χ0) is 13.9. The molecule has 1 saturated heterocycles. The molecule has 0 aliphatic carbocycles. The first-order chi connectivity index (χ1) is 9.78. The molecule has 0 radical (unpaired) electrons. The van der Waals surface area contributed by atoms with Crippen molar-refractivity contribution in [3.8, 4) is 0 Å². The third kappa shape index (κ3) is 2.84. The van der Waals surface area contributed by atoms with Gasteiger partial charge in [-0.05, 0) is 50.3 Å². The van der Waals surface area contributed by atoms with Crippen LogP contribution in [0.4, 0.5) is 0 Å². The molecule has 1 aromatic heterocycles. The van der Waals surface area contributed by atoms with E-state index in [9.17, 15) is 0 Å². The summed E-state index contributed by atoms with van der Waals surface area (Å²) >= 11 is 6.05. The number of ether oxygens (including phenoxy) is 1. The maximum atomic E-state index is 6.05. The summed E-state index contributed by atoms with van der Waals surface area (Å²) in [4.78, 5) is 4.65. The van der Waals surface area contributed by atoms with Crippen LogP contribution in [-0.4, -0.2) is 22.3 Å². The maximum absolute atomic E-state index is 6.05. The second kappa shape index (κ2) is 6.15. The van der Waals surface area contributed by atoms with Crippen LogP contribution in [0.2, 0.25) is 0 Å². The number of fused-ring (bicyclic) bond motifs is 1. The third-order valence-corrected chi connectivity index (χ3v) is 4.29. The van der Waals surface area contributed by atoms with E-state index in [2.05, 4.69) is 34.7 Å². The summed E-state index contributed by atoms with van der Waals surface area (Å²) in [5.41, 5.74) is 3.46. The average Bonchev–Trinajstić information content (AvgIpc) is 2.83. The van der Waals surface area contributed by atoms with Crippen LogP contribution in [0.3, 0.4) is 0 Å². The highest BCUT2D eigenvalue weighted by molar-refractivity contribution is 6.16. The van der Waals surface area contributed by atoms with E-state index in [4.69, 9.17) is 16.3 Å². The van der Waals surface area contributed by atoms with Crippen LogP contribution in [0.15, 0.2) is 18.2 Å². The highest BCUT2D eigenvalue weighted by atomic mass is 35.5. The summed E-state index contributed by atoms with van der Waals surface area (Å²) in [6.45, 7) is 3.94. The van der Waals surface area contributed by atoms with E-state index in [0.717, 1.165) is 30.9 Å². The molecule has 0 amide bonds. The van der Waals surface area contributed by atoms with Crippen molar-refractivity contribution in [1.29, 1.82) is 0 Å². The largest absolute Gasteiger partial charge is 0.378 e. The highest BCUT2D eigenvalue weighted by Gasteiger charge is 2.16.